The first-order valence-corrected chi connectivity index (χ1v) is 6.73. The van der Waals surface area contributed by atoms with Crippen molar-refractivity contribution in [1.82, 2.24) is 10.6 Å². The van der Waals surface area contributed by atoms with Crippen LogP contribution in [0.3, 0.4) is 0 Å². The molecule has 1 heterocycles. The number of alkyl halides is 2. The van der Waals surface area contributed by atoms with Gasteiger partial charge in [0.25, 0.3) is 0 Å². The maximum atomic E-state index is 12.3. The predicted octanol–water partition coefficient (Wildman–Crippen LogP) is 2.09. The maximum Gasteiger partial charge on any atom is 0.387 e. The van der Waals surface area contributed by atoms with E-state index in [1.807, 2.05) is 0 Å². The van der Waals surface area contributed by atoms with Gasteiger partial charge in [-0.2, -0.15) is 8.78 Å². The number of nitrogens with one attached hydrogen (secondary N) is 2. The average Bonchev–Trinajstić information content (AvgIpc) is 2.98. The van der Waals surface area contributed by atoms with Crippen LogP contribution in [-0.2, 0) is 11.3 Å². The minimum absolute atomic E-state index is 0. The summed E-state index contributed by atoms with van der Waals surface area (Å²) in [7, 11) is 1.38. The van der Waals surface area contributed by atoms with Crippen molar-refractivity contribution in [2.24, 2.45) is 0 Å². The lowest BCUT2D eigenvalue weighted by molar-refractivity contribution is -0.122. The van der Waals surface area contributed by atoms with Crippen LogP contribution in [0.15, 0.2) is 18.2 Å². The number of carbonyl (C=O) groups is 1. The Morgan fingerprint density at radius 1 is 1.45 bits per heavy atom. The number of rotatable bonds is 6. The Hall–Kier alpha value is -1.60. The molecule has 1 aliphatic rings. The Balaban J connectivity index is 0.00000242. The second-order valence-electron chi connectivity index (χ2n) is 4.73. The van der Waals surface area contributed by atoms with Crippen LogP contribution in [0.4, 0.5) is 8.78 Å². The topological polar surface area (TPSA) is 59.6 Å². The molecule has 2 N–H and O–H groups in total. The molecule has 1 aromatic rings. The van der Waals surface area contributed by atoms with Crippen LogP contribution < -0.4 is 20.1 Å². The number of amides is 1. The first-order chi connectivity index (χ1) is 10.1. The molecule has 1 atom stereocenters. The van der Waals surface area contributed by atoms with E-state index >= 15 is 0 Å². The van der Waals surface area contributed by atoms with Gasteiger partial charge in [0.05, 0.1) is 13.2 Å². The highest BCUT2D eigenvalue weighted by molar-refractivity contribution is 5.85. The van der Waals surface area contributed by atoms with Gasteiger partial charge in [0, 0.05) is 6.54 Å². The van der Waals surface area contributed by atoms with Crippen LogP contribution in [0, 0.1) is 0 Å². The molecular formula is C14H19ClF2N2O3. The molecule has 1 aliphatic heterocycles. The maximum absolute atomic E-state index is 12.3. The summed E-state index contributed by atoms with van der Waals surface area (Å²) in [6.45, 7) is -1.83. The molecule has 8 heteroatoms. The van der Waals surface area contributed by atoms with E-state index in [9.17, 15) is 13.6 Å². The van der Waals surface area contributed by atoms with Gasteiger partial charge in [0.2, 0.25) is 5.91 Å². The fourth-order valence-electron chi connectivity index (χ4n) is 2.24. The summed E-state index contributed by atoms with van der Waals surface area (Å²) < 4.78 is 34.0. The summed E-state index contributed by atoms with van der Waals surface area (Å²) in [5.41, 5.74) is 0.665. The van der Waals surface area contributed by atoms with E-state index in [4.69, 9.17) is 4.74 Å². The first kappa shape index (κ1) is 18.4. The highest BCUT2D eigenvalue weighted by atomic mass is 35.5. The molecule has 124 valence electrons. The monoisotopic (exact) mass is 336 g/mol. The van der Waals surface area contributed by atoms with Crippen LogP contribution >= 0.6 is 12.4 Å². The molecule has 1 unspecified atom stereocenters. The van der Waals surface area contributed by atoms with Crippen LogP contribution in [0.5, 0.6) is 11.5 Å². The second-order valence-corrected chi connectivity index (χ2v) is 4.73. The Morgan fingerprint density at radius 3 is 2.82 bits per heavy atom. The zero-order valence-electron chi connectivity index (χ0n) is 12.1. The van der Waals surface area contributed by atoms with Gasteiger partial charge >= 0.3 is 6.61 Å². The number of carbonyl (C=O) groups excluding carboxylic acids is 1. The molecule has 0 aliphatic carbocycles. The molecule has 1 saturated heterocycles. The van der Waals surface area contributed by atoms with Crippen LogP contribution in [0.25, 0.3) is 0 Å². The van der Waals surface area contributed by atoms with E-state index in [2.05, 4.69) is 15.4 Å². The average molecular weight is 337 g/mol. The second kappa shape index (κ2) is 8.75. The predicted molar refractivity (Wildman–Crippen MR) is 79.7 cm³/mol. The molecule has 5 nitrogen and oxygen atoms in total. The number of hydrogen-bond acceptors (Lipinski definition) is 4. The Bertz CT molecular complexity index is 497. The fourth-order valence-corrected chi connectivity index (χ4v) is 2.24. The molecule has 0 aromatic heterocycles. The van der Waals surface area contributed by atoms with Gasteiger partial charge in [0.15, 0.2) is 11.5 Å². The third kappa shape index (κ3) is 4.99. The summed E-state index contributed by atoms with van der Waals surface area (Å²) in [6, 6.07) is 4.50. The van der Waals surface area contributed by atoms with Gasteiger partial charge in [0.1, 0.15) is 0 Å². The molecule has 0 spiro atoms. The minimum atomic E-state index is -2.92. The normalized spacial score (nSPS) is 17.0. The zero-order valence-corrected chi connectivity index (χ0v) is 12.9. The lowest BCUT2D eigenvalue weighted by atomic mass is 10.1. The Labute approximate surface area is 133 Å². The van der Waals surface area contributed by atoms with Gasteiger partial charge in [-0.1, -0.05) is 6.07 Å². The largest absolute Gasteiger partial charge is 0.493 e. The van der Waals surface area contributed by atoms with Crippen LogP contribution in [0.2, 0.25) is 0 Å². The fraction of sp³-hybridized carbons (Fsp3) is 0.500. The molecule has 1 amide bonds. The van der Waals surface area contributed by atoms with Crippen molar-refractivity contribution in [3.05, 3.63) is 23.8 Å². The van der Waals surface area contributed by atoms with Crippen molar-refractivity contribution >= 4 is 18.3 Å². The van der Waals surface area contributed by atoms with Crippen molar-refractivity contribution in [3.63, 3.8) is 0 Å². The van der Waals surface area contributed by atoms with Crippen molar-refractivity contribution < 1.29 is 23.0 Å². The lowest BCUT2D eigenvalue weighted by Gasteiger charge is -2.13. The third-order valence-electron chi connectivity index (χ3n) is 3.29. The number of hydrogen-bond donors (Lipinski definition) is 2. The highest BCUT2D eigenvalue weighted by Crippen LogP contribution is 2.29. The molecule has 0 bridgehead atoms. The smallest absolute Gasteiger partial charge is 0.387 e. The van der Waals surface area contributed by atoms with E-state index in [1.54, 1.807) is 6.07 Å². The van der Waals surface area contributed by atoms with Crippen LogP contribution in [-0.4, -0.2) is 32.2 Å². The van der Waals surface area contributed by atoms with Gasteiger partial charge < -0.3 is 20.1 Å². The van der Waals surface area contributed by atoms with E-state index in [0.29, 0.717) is 5.56 Å². The van der Waals surface area contributed by atoms with Gasteiger partial charge in [-0.25, -0.2) is 0 Å². The minimum Gasteiger partial charge on any atom is -0.493 e. The zero-order chi connectivity index (χ0) is 15.2. The van der Waals surface area contributed by atoms with Gasteiger partial charge in [-0.05, 0) is 37.1 Å². The SMILES string of the molecule is COc1ccc(CNC(=O)C2CCCN2)cc1OC(F)F.Cl. The molecule has 22 heavy (non-hydrogen) atoms. The summed E-state index contributed by atoms with van der Waals surface area (Å²) in [6.07, 6.45) is 1.79. The van der Waals surface area contributed by atoms with E-state index in [-0.39, 0.29) is 42.4 Å². The quantitative estimate of drug-likeness (QED) is 0.835. The van der Waals surface area contributed by atoms with E-state index in [0.717, 1.165) is 19.4 Å². The summed E-state index contributed by atoms with van der Waals surface area (Å²) in [5.74, 6) is 0.0979. The number of benzene rings is 1. The molecule has 0 radical (unpaired) electrons. The molecule has 0 saturated carbocycles. The molecule has 1 fully saturated rings. The molecule has 1 aromatic carbocycles. The number of methoxy groups -OCH3 is 1. The standard InChI is InChI=1S/C14H18F2N2O3.ClH/c1-20-11-5-4-9(7-12(11)21-14(15)16)8-18-13(19)10-3-2-6-17-10;/h4-5,7,10,14,17H,2-3,6,8H2,1H3,(H,18,19);1H. The number of ether oxygens (including phenoxy) is 2. The van der Waals surface area contributed by atoms with Crippen molar-refractivity contribution in [2.45, 2.75) is 32.0 Å². The Morgan fingerprint density at radius 2 is 2.23 bits per heavy atom. The summed E-state index contributed by atoms with van der Waals surface area (Å²) >= 11 is 0. The third-order valence-corrected chi connectivity index (χ3v) is 3.29. The number of halogens is 3. The van der Waals surface area contributed by atoms with E-state index in [1.165, 1.54) is 19.2 Å². The van der Waals surface area contributed by atoms with Crippen LogP contribution in [0.1, 0.15) is 18.4 Å². The molecular weight excluding hydrogens is 318 g/mol. The van der Waals surface area contributed by atoms with Gasteiger partial charge in [-0.15, -0.1) is 12.4 Å². The van der Waals surface area contributed by atoms with E-state index < -0.39 is 6.61 Å². The van der Waals surface area contributed by atoms with Crippen molar-refractivity contribution in [2.75, 3.05) is 13.7 Å². The van der Waals surface area contributed by atoms with Crippen molar-refractivity contribution in [3.8, 4) is 11.5 Å². The first-order valence-electron chi connectivity index (χ1n) is 6.73. The van der Waals surface area contributed by atoms with Crippen molar-refractivity contribution in [1.29, 1.82) is 0 Å². The highest BCUT2D eigenvalue weighted by Gasteiger charge is 2.21. The Kier molecular flexibility index (Phi) is 7.34. The summed E-state index contributed by atoms with van der Waals surface area (Å²) in [5, 5.41) is 5.87. The summed E-state index contributed by atoms with van der Waals surface area (Å²) in [4.78, 5) is 11.9. The lowest BCUT2D eigenvalue weighted by Crippen LogP contribution is -2.39. The van der Waals surface area contributed by atoms with Gasteiger partial charge in [-0.3, -0.25) is 4.79 Å². The molecule has 2 rings (SSSR count).